The Bertz CT molecular complexity index is 700. The van der Waals surface area contributed by atoms with E-state index in [2.05, 4.69) is 5.32 Å². The fourth-order valence-electron chi connectivity index (χ4n) is 2.08. The number of halogens is 4. The molecule has 1 rings (SSSR count). The molecule has 0 spiro atoms. The van der Waals surface area contributed by atoms with Crippen LogP contribution in [0, 0.1) is 5.82 Å². The highest BCUT2D eigenvalue weighted by atomic mass is 32.2. The molecule has 4 nitrogen and oxygen atoms in total. The summed E-state index contributed by atoms with van der Waals surface area (Å²) in [5, 5.41) is 2.44. The van der Waals surface area contributed by atoms with E-state index in [0.717, 1.165) is 13.8 Å². The monoisotopic (exact) mass is 383 g/mol. The van der Waals surface area contributed by atoms with Crippen LogP contribution in [0.3, 0.4) is 0 Å². The predicted molar refractivity (Wildman–Crippen MR) is 86.3 cm³/mol. The summed E-state index contributed by atoms with van der Waals surface area (Å²) in [5.41, 5.74) is 0.631. The number of rotatable bonds is 8. The molecule has 0 aliphatic rings. The second-order valence-corrected chi connectivity index (χ2v) is 8.84. The van der Waals surface area contributed by atoms with Crippen LogP contribution >= 0.6 is 0 Å². The van der Waals surface area contributed by atoms with Crippen molar-refractivity contribution in [2.75, 3.05) is 12.3 Å². The van der Waals surface area contributed by atoms with Gasteiger partial charge in [0.05, 0.1) is 5.75 Å². The first kappa shape index (κ1) is 21.4. The Labute approximate surface area is 144 Å². The smallest absolute Gasteiger partial charge is 0.354 e. The lowest BCUT2D eigenvalue weighted by Gasteiger charge is -2.24. The van der Waals surface area contributed by atoms with Gasteiger partial charge < -0.3 is 5.32 Å². The van der Waals surface area contributed by atoms with E-state index in [1.165, 1.54) is 18.2 Å². The van der Waals surface area contributed by atoms with E-state index >= 15 is 0 Å². The Morgan fingerprint density at radius 3 is 2.40 bits per heavy atom. The summed E-state index contributed by atoms with van der Waals surface area (Å²) in [6.07, 6.45) is -5.95. The van der Waals surface area contributed by atoms with Crippen LogP contribution in [0.5, 0.6) is 0 Å². The zero-order chi connectivity index (χ0) is 19.3. The van der Waals surface area contributed by atoms with Gasteiger partial charge in [0.2, 0.25) is 5.91 Å². The molecule has 0 fully saturated rings. The number of sulfone groups is 1. The number of nitrogens with one attached hydrogen (secondary N) is 1. The second kappa shape index (κ2) is 8.16. The molecular weight excluding hydrogens is 362 g/mol. The standard InChI is InChI=1S/C16H21F4NO3S/c1-15(2,25(23,24)10-4-8-16(18,19)20)14(22)21-9-7-12-5-3-6-13(17)11-12/h3,5-6,11H,4,7-10H2,1-2H3,(H,21,22). The lowest BCUT2D eigenvalue weighted by Crippen LogP contribution is -2.49. The van der Waals surface area contributed by atoms with Gasteiger partial charge in [0.15, 0.2) is 9.84 Å². The van der Waals surface area contributed by atoms with Crippen LogP contribution in [-0.2, 0) is 21.1 Å². The number of benzene rings is 1. The third-order valence-corrected chi connectivity index (χ3v) is 6.35. The molecular formula is C16H21F4NO3S. The Balaban J connectivity index is 2.59. The highest BCUT2D eigenvalue weighted by Gasteiger charge is 2.41. The lowest BCUT2D eigenvalue weighted by atomic mass is 10.1. The molecule has 0 unspecified atom stereocenters. The van der Waals surface area contributed by atoms with Crippen molar-refractivity contribution >= 4 is 15.7 Å². The quantitative estimate of drug-likeness (QED) is 0.702. The third kappa shape index (κ3) is 6.64. The van der Waals surface area contributed by atoms with Crippen molar-refractivity contribution < 1.29 is 30.8 Å². The van der Waals surface area contributed by atoms with Crippen molar-refractivity contribution in [3.05, 3.63) is 35.6 Å². The summed E-state index contributed by atoms with van der Waals surface area (Å²) < 4.78 is 72.0. The molecule has 0 bridgehead atoms. The molecule has 1 amide bonds. The summed E-state index contributed by atoms with van der Waals surface area (Å²) in [5.74, 6) is -1.94. The lowest BCUT2D eigenvalue weighted by molar-refractivity contribution is -0.134. The summed E-state index contributed by atoms with van der Waals surface area (Å²) in [6, 6.07) is 5.75. The van der Waals surface area contributed by atoms with Crippen LogP contribution in [0.4, 0.5) is 17.6 Å². The van der Waals surface area contributed by atoms with Crippen molar-refractivity contribution in [3.8, 4) is 0 Å². The van der Waals surface area contributed by atoms with Gasteiger partial charge in [0.1, 0.15) is 10.6 Å². The van der Waals surface area contributed by atoms with Crippen molar-refractivity contribution in [1.82, 2.24) is 5.32 Å². The highest BCUT2D eigenvalue weighted by Crippen LogP contribution is 2.24. The van der Waals surface area contributed by atoms with Gasteiger partial charge in [0.25, 0.3) is 0 Å². The zero-order valence-corrected chi connectivity index (χ0v) is 14.8. The number of hydrogen-bond acceptors (Lipinski definition) is 3. The topological polar surface area (TPSA) is 63.2 Å². The first-order valence-corrected chi connectivity index (χ1v) is 9.32. The molecule has 1 N–H and O–H groups in total. The second-order valence-electron chi connectivity index (χ2n) is 6.18. The van der Waals surface area contributed by atoms with E-state index in [4.69, 9.17) is 0 Å². The van der Waals surface area contributed by atoms with Crippen LogP contribution in [0.15, 0.2) is 24.3 Å². The molecule has 0 aromatic heterocycles. The average Bonchev–Trinajstić information content (AvgIpc) is 2.45. The van der Waals surface area contributed by atoms with Gasteiger partial charge in [-0.3, -0.25) is 4.79 Å². The summed E-state index contributed by atoms with van der Waals surface area (Å²) in [4.78, 5) is 12.1. The van der Waals surface area contributed by atoms with Gasteiger partial charge in [-0.25, -0.2) is 12.8 Å². The van der Waals surface area contributed by atoms with Crippen LogP contribution in [0.25, 0.3) is 0 Å². The molecule has 142 valence electrons. The van der Waals surface area contributed by atoms with E-state index in [0.29, 0.717) is 12.0 Å². The fourth-order valence-corrected chi connectivity index (χ4v) is 3.47. The van der Waals surface area contributed by atoms with Crippen molar-refractivity contribution in [2.45, 2.75) is 44.0 Å². The summed E-state index contributed by atoms with van der Waals surface area (Å²) in [6.45, 7) is 2.41. The summed E-state index contributed by atoms with van der Waals surface area (Å²) in [7, 11) is -4.06. The van der Waals surface area contributed by atoms with Gasteiger partial charge in [-0.2, -0.15) is 13.2 Å². The molecule has 1 aromatic carbocycles. The maximum atomic E-state index is 13.1. The predicted octanol–water partition coefficient (Wildman–Crippen LogP) is 3.02. The van der Waals surface area contributed by atoms with Gasteiger partial charge in [-0.05, 0) is 44.4 Å². The third-order valence-electron chi connectivity index (χ3n) is 3.79. The van der Waals surface area contributed by atoms with E-state index in [1.54, 1.807) is 6.07 Å². The number of alkyl halides is 3. The van der Waals surface area contributed by atoms with E-state index in [-0.39, 0.29) is 6.54 Å². The van der Waals surface area contributed by atoms with Gasteiger partial charge in [-0.15, -0.1) is 0 Å². The highest BCUT2D eigenvalue weighted by molar-refractivity contribution is 7.93. The molecule has 0 radical (unpaired) electrons. The Hall–Kier alpha value is -1.64. The number of hydrogen-bond donors (Lipinski definition) is 1. The van der Waals surface area contributed by atoms with Gasteiger partial charge in [0, 0.05) is 13.0 Å². The minimum absolute atomic E-state index is 0.0871. The Morgan fingerprint density at radius 1 is 1.20 bits per heavy atom. The molecule has 0 saturated heterocycles. The maximum absolute atomic E-state index is 13.1. The maximum Gasteiger partial charge on any atom is 0.389 e. The van der Waals surface area contributed by atoms with Crippen molar-refractivity contribution in [3.63, 3.8) is 0 Å². The minimum Gasteiger partial charge on any atom is -0.354 e. The summed E-state index contributed by atoms with van der Waals surface area (Å²) >= 11 is 0. The molecule has 1 aromatic rings. The fraction of sp³-hybridized carbons (Fsp3) is 0.562. The van der Waals surface area contributed by atoms with Gasteiger partial charge >= 0.3 is 6.18 Å². The van der Waals surface area contributed by atoms with Crippen LogP contribution in [0.2, 0.25) is 0 Å². The number of amides is 1. The molecule has 0 atom stereocenters. The van der Waals surface area contributed by atoms with E-state index in [1.807, 2.05) is 0 Å². The van der Waals surface area contributed by atoms with E-state index in [9.17, 15) is 30.8 Å². The van der Waals surface area contributed by atoms with Crippen LogP contribution in [-0.4, -0.2) is 37.5 Å². The van der Waals surface area contributed by atoms with Crippen molar-refractivity contribution in [2.24, 2.45) is 0 Å². The Morgan fingerprint density at radius 2 is 1.84 bits per heavy atom. The number of carbonyl (C=O) groups is 1. The van der Waals surface area contributed by atoms with Crippen LogP contribution < -0.4 is 5.32 Å². The number of carbonyl (C=O) groups excluding carboxylic acids is 1. The molecule has 0 aliphatic heterocycles. The molecule has 0 heterocycles. The molecule has 25 heavy (non-hydrogen) atoms. The van der Waals surface area contributed by atoms with E-state index < -0.39 is 51.1 Å². The molecule has 0 saturated carbocycles. The minimum atomic E-state index is -4.44. The normalized spacial score (nSPS) is 12.9. The SMILES string of the molecule is CC(C)(C(=O)NCCc1cccc(F)c1)S(=O)(=O)CCCC(F)(F)F. The van der Waals surface area contributed by atoms with Gasteiger partial charge in [-0.1, -0.05) is 12.1 Å². The molecule has 0 aliphatic carbocycles. The zero-order valence-electron chi connectivity index (χ0n) is 14.0. The average molecular weight is 383 g/mol. The van der Waals surface area contributed by atoms with Crippen LogP contribution in [0.1, 0.15) is 32.3 Å². The Kier molecular flexibility index (Phi) is 6.99. The largest absolute Gasteiger partial charge is 0.389 e. The molecule has 9 heteroatoms. The first-order valence-electron chi connectivity index (χ1n) is 7.67. The first-order chi connectivity index (χ1) is 11.3. The van der Waals surface area contributed by atoms with Crippen molar-refractivity contribution in [1.29, 1.82) is 0 Å².